The van der Waals surface area contributed by atoms with E-state index in [2.05, 4.69) is 5.32 Å². The molecule has 9 heteroatoms. The van der Waals surface area contributed by atoms with E-state index in [1.807, 2.05) is 0 Å². The molecule has 1 heterocycles. The Morgan fingerprint density at radius 2 is 2.05 bits per heavy atom. The summed E-state index contributed by atoms with van der Waals surface area (Å²) >= 11 is 0. The zero-order chi connectivity index (χ0) is 15.8. The van der Waals surface area contributed by atoms with Gasteiger partial charge in [0, 0.05) is 13.0 Å². The van der Waals surface area contributed by atoms with Crippen molar-refractivity contribution in [1.82, 2.24) is 10.2 Å². The predicted octanol–water partition coefficient (Wildman–Crippen LogP) is -0.903. The van der Waals surface area contributed by atoms with Crippen molar-refractivity contribution in [3.8, 4) is 0 Å². The lowest BCUT2D eigenvalue weighted by Crippen LogP contribution is -2.56. The van der Waals surface area contributed by atoms with Crippen molar-refractivity contribution < 1.29 is 34.4 Å². The maximum Gasteiger partial charge on any atom is 0.326 e. The van der Waals surface area contributed by atoms with Gasteiger partial charge in [0.25, 0.3) is 0 Å². The van der Waals surface area contributed by atoms with Crippen molar-refractivity contribution in [3.05, 3.63) is 0 Å². The first kappa shape index (κ1) is 17.2. The van der Waals surface area contributed by atoms with Gasteiger partial charge in [-0.25, -0.2) is 9.59 Å². The molecule has 1 unspecified atom stereocenters. The second kappa shape index (κ2) is 8.42. The second-order valence-corrected chi connectivity index (χ2v) is 4.73. The summed E-state index contributed by atoms with van der Waals surface area (Å²) in [7, 11) is 0. The number of hydrogen-bond donors (Lipinski definition) is 4. The Hall–Kier alpha value is -1.87. The number of nitrogens with one attached hydrogen (secondary N) is 1. The topological polar surface area (TPSA) is 136 Å². The Bertz CT molecular complexity index is 388. The second-order valence-electron chi connectivity index (χ2n) is 4.73. The van der Waals surface area contributed by atoms with Crippen LogP contribution in [0.2, 0.25) is 0 Å². The fraction of sp³-hybridized carbons (Fsp3) is 0.750. The van der Waals surface area contributed by atoms with Crippen LogP contribution >= 0.6 is 0 Å². The van der Waals surface area contributed by atoms with Crippen LogP contribution < -0.4 is 5.32 Å². The Balaban J connectivity index is 2.54. The third kappa shape index (κ3) is 5.56. The molecule has 9 nitrogen and oxygen atoms in total. The lowest BCUT2D eigenvalue weighted by molar-refractivity contribution is -0.140. The summed E-state index contributed by atoms with van der Waals surface area (Å²) in [6.45, 7) is 0.504. The van der Waals surface area contributed by atoms with Crippen molar-refractivity contribution in [2.24, 2.45) is 0 Å². The van der Waals surface area contributed by atoms with Gasteiger partial charge in [-0.05, 0) is 12.8 Å². The van der Waals surface area contributed by atoms with Crippen molar-refractivity contribution >= 4 is 18.0 Å². The Morgan fingerprint density at radius 3 is 2.62 bits per heavy atom. The molecule has 0 aromatic rings. The molecule has 2 amide bonds. The van der Waals surface area contributed by atoms with Gasteiger partial charge in [0.1, 0.15) is 6.04 Å². The van der Waals surface area contributed by atoms with Crippen molar-refractivity contribution in [3.63, 3.8) is 0 Å². The third-order valence-corrected chi connectivity index (χ3v) is 3.18. The summed E-state index contributed by atoms with van der Waals surface area (Å²) in [5, 5.41) is 29.1. The molecule has 0 spiro atoms. The van der Waals surface area contributed by atoms with E-state index in [-0.39, 0.29) is 39.0 Å². The van der Waals surface area contributed by atoms with Gasteiger partial charge in [-0.1, -0.05) is 0 Å². The van der Waals surface area contributed by atoms with Crippen LogP contribution in [0.1, 0.15) is 19.3 Å². The monoisotopic (exact) mass is 304 g/mol. The van der Waals surface area contributed by atoms with Gasteiger partial charge in [0.05, 0.1) is 25.9 Å². The zero-order valence-electron chi connectivity index (χ0n) is 11.5. The molecule has 0 bridgehead atoms. The summed E-state index contributed by atoms with van der Waals surface area (Å²) in [6.07, 6.45) is 0.0249. The first-order valence-electron chi connectivity index (χ1n) is 6.66. The SMILES string of the molecule is O=C(O)CCC[C@@H](NC(=O)N1CCOCC1CO)C(=O)O. The average molecular weight is 304 g/mol. The van der Waals surface area contributed by atoms with Crippen LogP contribution in [-0.2, 0) is 14.3 Å². The lowest BCUT2D eigenvalue weighted by Gasteiger charge is -2.35. The van der Waals surface area contributed by atoms with Crippen LogP contribution in [0.3, 0.4) is 0 Å². The minimum Gasteiger partial charge on any atom is -0.481 e. The number of carboxylic acids is 2. The van der Waals surface area contributed by atoms with E-state index in [0.29, 0.717) is 6.61 Å². The molecule has 1 aliphatic heterocycles. The number of morpholine rings is 1. The Morgan fingerprint density at radius 1 is 1.33 bits per heavy atom. The lowest BCUT2D eigenvalue weighted by atomic mass is 10.1. The van der Waals surface area contributed by atoms with Crippen LogP contribution in [0.4, 0.5) is 4.79 Å². The summed E-state index contributed by atoms with van der Waals surface area (Å²) in [4.78, 5) is 34.9. The number of urea groups is 1. The molecule has 120 valence electrons. The zero-order valence-corrected chi connectivity index (χ0v) is 11.5. The average Bonchev–Trinajstić information content (AvgIpc) is 2.45. The normalized spacial score (nSPS) is 19.9. The summed E-state index contributed by atoms with van der Waals surface area (Å²) in [5.74, 6) is -2.23. The number of aliphatic hydroxyl groups is 1. The molecule has 4 N–H and O–H groups in total. The van der Waals surface area contributed by atoms with Crippen LogP contribution in [-0.4, -0.2) is 76.6 Å². The molecule has 2 atom stereocenters. The highest BCUT2D eigenvalue weighted by Gasteiger charge is 2.29. The summed E-state index contributed by atoms with van der Waals surface area (Å²) in [5.41, 5.74) is 0. The van der Waals surface area contributed by atoms with Gasteiger partial charge in [-0.3, -0.25) is 4.79 Å². The van der Waals surface area contributed by atoms with Gasteiger partial charge in [0.15, 0.2) is 0 Å². The first-order valence-corrected chi connectivity index (χ1v) is 6.66. The summed E-state index contributed by atoms with van der Waals surface area (Å²) < 4.78 is 5.13. The maximum atomic E-state index is 12.0. The van der Waals surface area contributed by atoms with Gasteiger partial charge >= 0.3 is 18.0 Å². The number of ether oxygens (including phenoxy) is 1. The fourth-order valence-electron chi connectivity index (χ4n) is 2.02. The van der Waals surface area contributed by atoms with E-state index in [1.165, 1.54) is 4.90 Å². The molecular weight excluding hydrogens is 284 g/mol. The molecule has 0 aromatic heterocycles. The minimum absolute atomic E-state index is 0.0293. The molecule has 21 heavy (non-hydrogen) atoms. The number of carbonyl (C=O) groups is 3. The number of aliphatic carboxylic acids is 2. The summed E-state index contributed by atoms with van der Waals surface area (Å²) in [6, 6.07) is -2.26. The quantitative estimate of drug-likeness (QED) is 0.478. The van der Waals surface area contributed by atoms with E-state index in [0.717, 1.165) is 0 Å². The number of amides is 2. The van der Waals surface area contributed by atoms with Gasteiger partial charge in [-0.15, -0.1) is 0 Å². The molecule has 0 aliphatic carbocycles. The highest BCUT2D eigenvalue weighted by atomic mass is 16.5. The fourth-order valence-corrected chi connectivity index (χ4v) is 2.02. The van der Waals surface area contributed by atoms with E-state index in [4.69, 9.17) is 14.9 Å². The number of nitrogens with zero attached hydrogens (tertiary/aromatic N) is 1. The standard InChI is InChI=1S/C12H20N2O7/c15-6-8-7-21-5-4-14(8)12(20)13-9(11(18)19)2-1-3-10(16)17/h8-9,15H,1-7H2,(H,13,20)(H,16,17)(H,18,19)/t8?,9-/m1/s1. The maximum absolute atomic E-state index is 12.0. The first-order chi connectivity index (χ1) is 9.95. The molecule has 1 rings (SSSR count). The van der Waals surface area contributed by atoms with Gasteiger partial charge in [0.2, 0.25) is 0 Å². The van der Waals surface area contributed by atoms with Crippen molar-refractivity contribution in [2.75, 3.05) is 26.4 Å². The van der Waals surface area contributed by atoms with Crippen LogP contribution in [0.25, 0.3) is 0 Å². The Kier molecular flexibility index (Phi) is 6.89. The highest BCUT2D eigenvalue weighted by Crippen LogP contribution is 2.08. The molecule has 1 fully saturated rings. The van der Waals surface area contributed by atoms with Crippen LogP contribution in [0, 0.1) is 0 Å². The van der Waals surface area contributed by atoms with Crippen LogP contribution in [0.5, 0.6) is 0 Å². The van der Waals surface area contributed by atoms with Gasteiger partial charge < -0.3 is 30.3 Å². The van der Waals surface area contributed by atoms with Crippen LogP contribution in [0.15, 0.2) is 0 Å². The van der Waals surface area contributed by atoms with Crippen molar-refractivity contribution in [2.45, 2.75) is 31.3 Å². The van der Waals surface area contributed by atoms with E-state index in [9.17, 15) is 19.5 Å². The molecular formula is C12H20N2O7. The molecule has 1 aliphatic rings. The van der Waals surface area contributed by atoms with E-state index < -0.39 is 30.1 Å². The molecule has 0 aromatic carbocycles. The van der Waals surface area contributed by atoms with E-state index in [1.54, 1.807) is 0 Å². The number of carbonyl (C=O) groups excluding carboxylic acids is 1. The molecule has 0 radical (unpaired) electrons. The minimum atomic E-state index is -1.22. The largest absolute Gasteiger partial charge is 0.481 e. The third-order valence-electron chi connectivity index (χ3n) is 3.18. The number of rotatable bonds is 7. The smallest absolute Gasteiger partial charge is 0.326 e. The number of hydrogen-bond acceptors (Lipinski definition) is 5. The van der Waals surface area contributed by atoms with Crippen molar-refractivity contribution in [1.29, 1.82) is 0 Å². The number of carboxylic acid groups (broad SMARTS) is 2. The van der Waals surface area contributed by atoms with E-state index >= 15 is 0 Å². The predicted molar refractivity (Wildman–Crippen MR) is 69.8 cm³/mol. The molecule has 1 saturated heterocycles. The highest BCUT2D eigenvalue weighted by molar-refractivity contribution is 5.82. The Labute approximate surface area is 121 Å². The molecule has 0 saturated carbocycles. The van der Waals surface area contributed by atoms with Gasteiger partial charge in [-0.2, -0.15) is 0 Å². The number of aliphatic hydroxyl groups excluding tert-OH is 1.